The molecule has 1 aliphatic heterocycles. The van der Waals surface area contributed by atoms with Crippen LogP contribution in [0.3, 0.4) is 0 Å². The predicted octanol–water partition coefficient (Wildman–Crippen LogP) is 5.03. The maximum absolute atomic E-state index is 14.0. The Bertz CT molecular complexity index is 874. The van der Waals surface area contributed by atoms with Crippen molar-refractivity contribution in [3.05, 3.63) is 59.9 Å². The second-order valence-electron chi connectivity index (χ2n) is 8.63. The van der Waals surface area contributed by atoms with Gasteiger partial charge in [0.15, 0.2) is 0 Å². The number of amides is 3. The van der Waals surface area contributed by atoms with E-state index in [0.717, 1.165) is 12.1 Å². The zero-order valence-electron chi connectivity index (χ0n) is 17.2. The fourth-order valence-corrected chi connectivity index (χ4v) is 3.41. The molecule has 2 aromatic carbocycles. The van der Waals surface area contributed by atoms with Crippen LogP contribution >= 0.6 is 0 Å². The summed E-state index contributed by atoms with van der Waals surface area (Å²) in [5, 5.41) is 2.89. The van der Waals surface area contributed by atoms with Crippen molar-refractivity contribution in [2.24, 2.45) is 5.41 Å². The van der Waals surface area contributed by atoms with Crippen LogP contribution < -0.4 is 10.2 Å². The summed E-state index contributed by atoms with van der Waals surface area (Å²) in [5.74, 6) is -0.330. The van der Waals surface area contributed by atoms with Crippen molar-refractivity contribution in [2.75, 3.05) is 23.3 Å². The number of urea groups is 1. The van der Waals surface area contributed by atoms with Crippen molar-refractivity contribution in [3.8, 4) is 0 Å². The SMILES string of the molecule is CC(C)(C)CC(=O)Nc1ccc(N2CCCN(Cc3ccccc3F)C2=O)cc1. The molecule has 6 heteroatoms. The quantitative estimate of drug-likeness (QED) is 0.769. The molecular weight excluding hydrogens is 369 g/mol. The molecule has 5 nitrogen and oxygen atoms in total. The average Bonchev–Trinajstić information content (AvgIpc) is 2.64. The number of anilines is 2. The van der Waals surface area contributed by atoms with E-state index in [1.54, 1.807) is 40.1 Å². The van der Waals surface area contributed by atoms with Gasteiger partial charge in [-0.1, -0.05) is 39.0 Å². The van der Waals surface area contributed by atoms with E-state index in [0.29, 0.717) is 30.8 Å². The average molecular weight is 397 g/mol. The van der Waals surface area contributed by atoms with Crippen molar-refractivity contribution >= 4 is 23.3 Å². The molecule has 0 aliphatic carbocycles. The molecule has 3 rings (SSSR count). The van der Waals surface area contributed by atoms with Crippen LogP contribution in [0.4, 0.5) is 20.6 Å². The van der Waals surface area contributed by atoms with Gasteiger partial charge in [0, 0.05) is 36.4 Å². The number of nitrogens with one attached hydrogen (secondary N) is 1. The summed E-state index contributed by atoms with van der Waals surface area (Å²) < 4.78 is 14.0. The maximum atomic E-state index is 14.0. The molecule has 0 bridgehead atoms. The van der Waals surface area contributed by atoms with E-state index >= 15 is 0 Å². The number of rotatable bonds is 5. The van der Waals surface area contributed by atoms with Gasteiger partial charge in [-0.15, -0.1) is 0 Å². The summed E-state index contributed by atoms with van der Waals surface area (Å²) >= 11 is 0. The molecule has 0 spiro atoms. The fraction of sp³-hybridized carbons (Fsp3) is 0.391. The Morgan fingerprint density at radius 2 is 1.76 bits per heavy atom. The first-order valence-corrected chi connectivity index (χ1v) is 9.93. The topological polar surface area (TPSA) is 52.7 Å². The second kappa shape index (κ2) is 8.64. The van der Waals surface area contributed by atoms with E-state index in [-0.39, 0.29) is 29.7 Å². The normalized spacial score (nSPS) is 14.8. The Morgan fingerprint density at radius 3 is 2.41 bits per heavy atom. The Balaban J connectivity index is 1.66. The molecule has 1 saturated heterocycles. The van der Waals surface area contributed by atoms with Crippen LogP contribution in [0.25, 0.3) is 0 Å². The van der Waals surface area contributed by atoms with Crippen LogP contribution in [-0.2, 0) is 11.3 Å². The molecule has 1 fully saturated rings. The Morgan fingerprint density at radius 1 is 1.07 bits per heavy atom. The number of nitrogens with zero attached hydrogens (tertiary/aromatic N) is 2. The zero-order chi connectivity index (χ0) is 21.0. The smallest absolute Gasteiger partial charge is 0.324 e. The number of benzene rings is 2. The largest absolute Gasteiger partial charge is 0.326 e. The standard InChI is InChI=1S/C23H28FN3O2/c1-23(2,3)15-21(28)25-18-9-11-19(12-10-18)27-14-6-13-26(22(27)29)16-17-7-4-5-8-20(17)24/h4-5,7-12H,6,13-16H2,1-3H3,(H,25,28). The molecule has 0 atom stereocenters. The van der Waals surface area contributed by atoms with Crippen LogP contribution in [0.15, 0.2) is 48.5 Å². The molecule has 1 heterocycles. The number of carbonyl (C=O) groups excluding carboxylic acids is 2. The molecule has 3 amide bonds. The lowest BCUT2D eigenvalue weighted by molar-refractivity contribution is -0.117. The Hall–Kier alpha value is -2.89. The first-order valence-electron chi connectivity index (χ1n) is 9.93. The highest BCUT2D eigenvalue weighted by Crippen LogP contribution is 2.25. The van der Waals surface area contributed by atoms with Gasteiger partial charge in [-0.3, -0.25) is 9.69 Å². The zero-order valence-corrected chi connectivity index (χ0v) is 17.2. The van der Waals surface area contributed by atoms with Crippen molar-refractivity contribution < 1.29 is 14.0 Å². The molecule has 1 N–H and O–H groups in total. The fourth-order valence-electron chi connectivity index (χ4n) is 3.41. The van der Waals surface area contributed by atoms with E-state index < -0.39 is 0 Å². The maximum Gasteiger partial charge on any atom is 0.324 e. The first kappa shape index (κ1) is 20.8. The Labute approximate surface area is 171 Å². The monoisotopic (exact) mass is 397 g/mol. The lowest BCUT2D eigenvalue weighted by Gasteiger charge is -2.35. The molecule has 0 radical (unpaired) electrons. The summed E-state index contributed by atoms with van der Waals surface area (Å²) in [5.41, 5.74) is 1.91. The summed E-state index contributed by atoms with van der Waals surface area (Å²) in [6.45, 7) is 7.52. The highest BCUT2D eigenvalue weighted by molar-refractivity contribution is 5.94. The van der Waals surface area contributed by atoms with E-state index in [9.17, 15) is 14.0 Å². The highest BCUT2D eigenvalue weighted by atomic mass is 19.1. The van der Waals surface area contributed by atoms with E-state index in [4.69, 9.17) is 0 Å². The molecular formula is C23H28FN3O2. The molecule has 154 valence electrons. The van der Waals surface area contributed by atoms with Gasteiger partial charge < -0.3 is 10.2 Å². The van der Waals surface area contributed by atoms with E-state index in [2.05, 4.69) is 5.32 Å². The molecule has 1 aliphatic rings. The van der Waals surface area contributed by atoms with Gasteiger partial charge in [0.25, 0.3) is 0 Å². The minimum absolute atomic E-state index is 0.0321. The van der Waals surface area contributed by atoms with Crippen LogP contribution in [-0.4, -0.2) is 29.9 Å². The Kier molecular flexibility index (Phi) is 6.20. The van der Waals surface area contributed by atoms with Gasteiger partial charge in [-0.05, 0) is 42.2 Å². The minimum Gasteiger partial charge on any atom is -0.326 e. The molecule has 0 saturated carbocycles. The van der Waals surface area contributed by atoms with Crippen molar-refractivity contribution in [2.45, 2.75) is 40.2 Å². The highest BCUT2D eigenvalue weighted by Gasteiger charge is 2.27. The lowest BCUT2D eigenvalue weighted by atomic mass is 9.92. The van der Waals surface area contributed by atoms with Gasteiger partial charge in [0.05, 0.1) is 6.54 Å². The van der Waals surface area contributed by atoms with Gasteiger partial charge in [0.2, 0.25) is 5.91 Å². The van der Waals surface area contributed by atoms with Gasteiger partial charge in [0.1, 0.15) is 5.82 Å². The predicted molar refractivity (Wildman–Crippen MR) is 113 cm³/mol. The first-order chi connectivity index (χ1) is 13.7. The summed E-state index contributed by atoms with van der Waals surface area (Å²) in [7, 11) is 0. The van der Waals surface area contributed by atoms with Gasteiger partial charge >= 0.3 is 6.03 Å². The molecule has 0 aromatic heterocycles. The molecule has 29 heavy (non-hydrogen) atoms. The van der Waals surface area contributed by atoms with Crippen molar-refractivity contribution in [3.63, 3.8) is 0 Å². The summed E-state index contributed by atoms with van der Waals surface area (Å²) in [6.07, 6.45) is 1.24. The van der Waals surface area contributed by atoms with Crippen LogP contribution in [0.5, 0.6) is 0 Å². The van der Waals surface area contributed by atoms with Crippen LogP contribution in [0.2, 0.25) is 0 Å². The summed E-state index contributed by atoms with van der Waals surface area (Å²) in [6, 6.07) is 13.7. The number of hydrogen-bond acceptors (Lipinski definition) is 2. The third-order valence-corrected chi connectivity index (χ3v) is 4.78. The number of carbonyl (C=O) groups is 2. The third-order valence-electron chi connectivity index (χ3n) is 4.78. The minimum atomic E-state index is -0.298. The summed E-state index contributed by atoms with van der Waals surface area (Å²) in [4.78, 5) is 28.4. The van der Waals surface area contributed by atoms with Gasteiger partial charge in [-0.2, -0.15) is 0 Å². The third kappa shape index (κ3) is 5.56. The van der Waals surface area contributed by atoms with Crippen molar-refractivity contribution in [1.82, 2.24) is 4.90 Å². The number of halogens is 1. The molecule has 2 aromatic rings. The molecule has 0 unspecified atom stereocenters. The van der Waals surface area contributed by atoms with E-state index in [1.807, 2.05) is 32.9 Å². The van der Waals surface area contributed by atoms with E-state index in [1.165, 1.54) is 6.07 Å². The van der Waals surface area contributed by atoms with Crippen LogP contribution in [0.1, 0.15) is 39.2 Å². The second-order valence-corrected chi connectivity index (χ2v) is 8.63. The van der Waals surface area contributed by atoms with Crippen LogP contribution in [0, 0.1) is 11.2 Å². The lowest BCUT2D eigenvalue weighted by Crippen LogP contribution is -2.49. The number of hydrogen-bond donors (Lipinski definition) is 1. The van der Waals surface area contributed by atoms with Gasteiger partial charge in [-0.25, -0.2) is 9.18 Å². The van der Waals surface area contributed by atoms with Crippen molar-refractivity contribution in [1.29, 1.82) is 0 Å².